The van der Waals surface area contributed by atoms with E-state index >= 15 is 0 Å². The summed E-state index contributed by atoms with van der Waals surface area (Å²) < 4.78 is 0. The summed E-state index contributed by atoms with van der Waals surface area (Å²) in [6, 6.07) is 6.51. The van der Waals surface area contributed by atoms with Crippen LogP contribution in [0, 0.1) is 0 Å². The van der Waals surface area contributed by atoms with Crippen LogP contribution in [0.2, 0.25) is 0 Å². The molecule has 1 aliphatic rings. The summed E-state index contributed by atoms with van der Waals surface area (Å²) >= 11 is 0. The molecule has 0 bridgehead atoms. The van der Waals surface area contributed by atoms with E-state index in [0.717, 1.165) is 17.5 Å². The number of nitrogens with one attached hydrogen (secondary N) is 1. The summed E-state index contributed by atoms with van der Waals surface area (Å²) in [7, 11) is 0. The second-order valence-corrected chi connectivity index (χ2v) is 4.69. The van der Waals surface area contributed by atoms with E-state index in [4.69, 9.17) is 5.11 Å². The van der Waals surface area contributed by atoms with Gasteiger partial charge >= 0.3 is 6.03 Å². The standard InChI is InChI=1S/C14H18N2O3/c1-2-3-12-13(18)16(14(19)15-12)8-10-4-6-11(9-17)7-5-10/h4-7,12,17H,2-3,8-9H2,1H3,(H,15,19). The van der Waals surface area contributed by atoms with Crippen molar-refractivity contribution in [2.45, 2.75) is 39.0 Å². The minimum atomic E-state index is -0.380. The molecule has 5 nitrogen and oxygen atoms in total. The van der Waals surface area contributed by atoms with Crippen molar-refractivity contribution in [3.63, 3.8) is 0 Å². The van der Waals surface area contributed by atoms with E-state index in [1.54, 1.807) is 12.1 Å². The Balaban J connectivity index is 2.05. The Morgan fingerprint density at radius 3 is 2.42 bits per heavy atom. The first-order valence-electron chi connectivity index (χ1n) is 6.46. The number of carbonyl (C=O) groups is 2. The fourth-order valence-electron chi connectivity index (χ4n) is 2.14. The highest BCUT2D eigenvalue weighted by Crippen LogP contribution is 2.15. The van der Waals surface area contributed by atoms with Crippen molar-refractivity contribution in [1.82, 2.24) is 10.2 Å². The molecule has 2 rings (SSSR count). The highest BCUT2D eigenvalue weighted by molar-refractivity contribution is 6.04. The number of aliphatic hydroxyl groups excluding tert-OH is 1. The van der Waals surface area contributed by atoms with E-state index in [1.165, 1.54) is 4.90 Å². The Hall–Kier alpha value is -1.88. The van der Waals surface area contributed by atoms with Crippen molar-refractivity contribution in [2.75, 3.05) is 0 Å². The van der Waals surface area contributed by atoms with Gasteiger partial charge in [0.05, 0.1) is 13.2 Å². The van der Waals surface area contributed by atoms with Gasteiger partial charge in [-0.3, -0.25) is 9.69 Å². The lowest BCUT2D eigenvalue weighted by atomic mass is 10.1. The van der Waals surface area contributed by atoms with Gasteiger partial charge in [0.1, 0.15) is 6.04 Å². The molecule has 1 fully saturated rings. The molecule has 2 N–H and O–H groups in total. The molecular formula is C14H18N2O3. The number of urea groups is 1. The molecule has 0 radical (unpaired) electrons. The maximum Gasteiger partial charge on any atom is 0.325 e. The average Bonchev–Trinajstić information content (AvgIpc) is 2.68. The van der Waals surface area contributed by atoms with Crippen LogP contribution in [0.3, 0.4) is 0 Å². The predicted molar refractivity (Wildman–Crippen MR) is 70.1 cm³/mol. The maximum atomic E-state index is 12.0. The molecule has 1 aromatic carbocycles. The molecule has 1 aromatic rings. The van der Waals surface area contributed by atoms with Crippen molar-refractivity contribution < 1.29 is 14.7 Å². The molecule has 102 valence electrons. The van der Waals surface area contributed by atoms with Gasteiger partial charge in [0, 0.05) is 0 Å². The van der Waals surface area contributed by atoms with Crippen LogP contribution in [-0.2, 0) is 17.9 Å². The van der Waals surface area contributed by atoms with Gasteiger partial charge in [0.25, 0.3) is 5.91 Å². The van der Waals surface area contributed by atoms with Gasteiger partial charge in [-0.2, -0.15) is 0 Å². The van der Waals surface area contributed by atoms with Crippen LogP contribution in [0.15, 0.2) is 24.3 Å². The summed E-state index contributed by atoms with van der Waals surface area (Å²) in [5.41, 5.74) is 1.68. The van der Waals surface area contributed by atoms with Gasteiger partial charge < -0.3 is 10.4 Å². The number of aliphatic hydroxyl groups is 1. The summed E-state index contributed by atoms with van der Waals surface area (Å²) in [5.74, 6) is -0.155. The average molecular weight is 262 g/mol. The molecule has 5 heteroatoms. The summed E-state index contributed by atoms with van der Waals surface area (Å²) in [6.45, 7) is 2.24. The number of nitrogens with zero attached hydrogens (tertiary/aromatic N) is 1. The largest absolute Gasteiger partial charge is 0.392 e. The molecular weight excluding hydrogens is 244 g/mol. The molecule has 0 saturated carbocycles. The van der Waals surface area contributed by atoms with Crippen LogP contribution in [0.4, 0.5) is 4.79 Å². The van der Waals surface area contributed by atoms with Crippen LogP contribution >= 0.6 is 0 Å². The van der Waals surface area contributed by atoms with Gasteiger partial charge in [-0.15, -0.1) is 0 Å². The van der Waals surface area contributed by atoms with E-state index in [1.807, 2.05) is 19.1 Å². The van der Waals surface area contributed by atoms with E-state index in [0.29, 0.717) is 6.42 Å². The minimum absolute atomic E-state index is 0.0119. The number of carbonyl (C=O) groups excluding carboxylic acids is 2. The van der Waals surface area contributed by atoms with Crippen LogP contribution in [0.25, 0.3) is 0 Å². The van der Waals surface area contributed by atoms with Crippen molar-refractivity contribution in [3.05, 3.63) is 35.4 Å². The molecule has 1 atom stereocenters. The van der Waals surface area contributed by atoms with Gasteiger partial charge in [0.15, 0.2) is 0 Å². The zero-order valence-corrected chi connectivity index (χ0v) is 10.9. The molecule has 1 heterocycles. The van der Waals surface area contributed by atoms with Crippen LogP contribution in [-0.4, -0.2) is 28.0 Å². The number of hydrogen-bond donors (Lipinski definition) is 2. The van der Waals surface area contributed by atoms with Gasteiger partial charge in [-0.05, 0) is 17.5 Å². The maximum absolute atomic E-state index is 12.0. The fourth-order valence-corrected chi connectivity index (χ4v) is 2.14. The van der Waals surface area contributed by atoms with Crippen LogP contribution in [0.5, 0.6) is 0 Å². The van der Waals surface area contributed by atoms with E-state index < -0.39 is 0 Å². The number of hydrogen-bond acceptors (Lipinski definition) is 3. The van der Waals surface area contributed by atoms with Gasteiger partial charge in [0.2, 0.25) is 0 Å². The molecule has 1 unspecified atom stereocenters. The number of rotatable bonds is 5. The third-order valence-corrected chi connectivity index (χ3v) is 3.23. The third-order valence-electron chi connectivity index (χ3n) is 3.23. The number of imide groups is 1. The molecule has 0 aromatic heterocycles. The normalized spacial score (nSPS) is 18.8. The lowest BCUT2D eigenvalue weighted by molar-refractivity contribution is -0.128. The predicted octanol–water partition coefficient (Wildman–Crippen LogP) is 1.40. The highest BCUT2D eigenvalue weighted by Gasteiger charge is 2.36. The topological polar surface area (TPSA) is 69.6 Å². The lowest BCUT2D eigenvalue weighted by Gasteiger charge is -2.13. The number of amides is 3. The first-order chi connectivity index (χ1) is 9.15. The van der Waals surface area contributed by atoms with Crippen molar-refractivity contribution in [2.24, 2.45) is 0 Å². The Morgan fingerprint density at radius 2 is 1.84 bits per heavy atom. The zero-order valence-electron chi connectivity index (χ0n) is 10.9. The third kappa shape index (κ3) is 2.93. The summed E-state index contributed by atoms with van der Waals surface area (Å²) in [5, 5.41) is 11.7. The van der Waals surface area contributed by atoms with Gasteiger partial charge in [-0.25, -0.2) is 4.79 Å². The van der Waals surface area contributed by atoms with E-state index in [-0.39, 0.29) is 31.1 Å². The Morgan fingerprint density at radius 1 is 1.21 bits per heavy atom. The Labute approximate surface area is 112 Å². The SMILES string of the molecule is CCCC1NC(=O)N(Cc2ccc(CO)cc2)C1=O. The van der Waals surface area contributed by atoms with Crippen LogP contribution < -0.4 is 5.32 Å². The molecule has 1 aliphatic heterocycles. The molecule has 0 spiro atoms. The summed E-state index contributed by atoms with van der Waals surface area (Å²) in [6.07, 6.45) is 1.53. The van der Waals surface area contributed by atoms with E-state index in [9.17, 15) is 9.59 Å². The second-order valence-electron chi connectivity index (χ2n) is 4.69. The smallest absolute Gasteiger partial charge is 0.325 e. The minimum Gasteiger partial charge on any atom is -0.392 e. The molecule has 0 aliphatic carbocycles. The van der Waals surface area contributed by atoms with Crippen molar-refractivity contribution in [1.29, 1.82) is 0 Å². The Bertz CT molecular complexity index is 470. The van der Waals surface area contributed by atoms with E-state index in [2.05, 4.69) is 5.32 Å². The zero-order chi connectivity index (χ0) is 13.8. The molecule has 1 saturated heterocycles. The second kappa shape index (κ2) is 5.84. The van der Waals surface area contributed by atoms with Crippen molar-refractivity contribution >= 4 is 11.9 Å². The molecule has 19 heavy (non-hydrogen) atoms. The van der Waals surface area contributed by atoms with Crippen LogP contribution in [0.1, 0.15) is 30.9 Å². The highest BCUT2D eigenvalue weighted by atomic mass is 16.3. The monoisotopic (exact) mass is 262 g/mol. The Kier molecular flexibility index (Phi) is 4.16. The fraction of sp³-hybridized carbons (Fsp3) is 0.429. The first-order valence-corrected chi connectivity index (χ1v) is 6.46. The summed E-state index contributed by atoms with van der Waals surface area (Å²) in [4.78, 5) is 25.0. The quantitative estimate of drug-likeness (QED) is 0.788. The van der Waals surface area contributed by atoms with Gasteiger partial charge in [-0.1, -0.05) is 37.6 Å². The van der Waals surface area contributed by atoms with Crippen molar-refractivity contribution in [3.8, 4) is 0 Å². The lowest BCUT2D eigenvalue weighted by Crippen LogP contribution is -2.30. The first kappa shape index (κ1) is 13.5. The molecule has 3 amide bonds. The number of benzene rings is 1.